The molecule has 0 aliphatic carbocycles. The average molecular weight is 494 g/mol. The molecule has 0 aromatic heterocycles. The summed E-state index contributed by atoms with van der Waals surface area (Å²) in [6.45, 7) is 1.38. The van der Waals surface area contributed by atoms with Gasteiger partial charge in [-0.1, -0.05) is 24.3 Å². The van der Waals surface area contributed by atoms with E-state index in [1.807, 2.05) is 0 Å². The monoisotopic (exact) mass is 494 g/mol. The summed E-state index contributed by atoms with van der Waals surface area (Å²) in [5.74, 6) is -8.71. The van der Waals surface area contributed by atoms with E-state index in [0.717, 1.165) is 36.4 Å². The molecule has 4 aromatic rings. The van der Waals surface area contributed by atoms with E-state index in [2.05, 4.69) is 4.74 Å². The zero-order valence-corrected chi connectivity index (χ0v) is 17.8. The molecule has 0 fully saturated rings. The molecule has 180 valence electrons. The van der Waals surface area contributed by atoms with Crippen molar-refractivity contribution >= 4 is 0 Å². The van der Waals surface area contributed by atoms with Gasteiger partial charge in [0.05, 0.1) is 5.56 Å². The zero-order chi connectivity index (χ0) is 25.5. The molecule has 0 saturated carbocycles. The molecule has 0 spiro atoms. The molecule has 0 bridgehead atoms. The summed E-state index contributed by atoms with van der Waals surface area (Å²) in [6, 6.07) is 10.5. The van der Waals surface area contributed by atoms with Gasteiger partial charge in [-0.3, -0.25) is 0 Å². The van der Waals surface area contributed by atoms with E-state index < -0.39 is 52.3 Å². The van der Waals surface area contributed by atoms with Gasteiger partial charge in [-0.05, 0) is 60.0 Å². The Hall–Kier alpha value is -3.88. The summed E-state index contributed by atoms with van der Waals surface area (Å²) < 4.78 is 116. The molecule has 0 atom stereocenters. The quantitative estimate of drug-likeness (QED) is 0.200. The van der Waals surface area contributed by atoms with Gasteiger partial charge in [-0.2, -0.15) is 8.78 Å². The summed E-state index contributed by atoms with van der Waals surface area (Å²) in [5.41, 5.74) is -1.23. The van der Waals surface area contributed by atoms with Crippen LogP contribution in [0.15, 0.2) is 66.7 Å². The molecule has 1 nitrogen and oxygen atoms in total. The van der Waals surface area contributed by atoms with Crippen LogP contribution in [0.5, 0.6) is 5.75 Å². The third-order valence-corrected chi connectivity index (χ3v) is 5.29. The van der Waals surface area contributed by atoms with Gasteiger partial charge in [0.2, 0.25) is 0 Å². The number of halogens is 8. The van der Waals surface area contributed by atoms with Crippen molar-refractivity contribution in [3.63, 3.8) is 0 Å². The molecule has 35 heavy (non-hydrogen) atoms. The highest BCUT2D eigenvalue weighted by molar-refractivity contribution is 5.66. The predicted octanol–water partition coefficient (Wildman–Crippen LogP) is 8.29. The highest BCUT2D eigenvalue weighted by atomic mass is 19.3. The fourth-order valence-corrected chi connectivity index (χ4v) is 3.42. The van der Waals surface area contributed by atoms with Crippen molar-refractivity contribution in [2.45, 2.75) is 13.0 Å². The minimum Gasteiger partial charge on any atom is -0.429 e. The SMILES string of the molecule is Cc1ccc(-c2ccc(C(F)(F)Oc3ccc(-c4cc(F)c(F)c(F)c4)c(F)c3)cc2)c(F)c1F. The number of hydrogen-bond acceptors (Lipinski definition) is 1. The van der Waals surface area contributed by atoms with Crippen LogP contribution >= 0.6 is 0 Å². The first-order valence-corrected chi connectivity index (χ1v) is 10.0. The highest BCUT2D eigenvalue weighted by Gasteiger charge is 2.35. The van der Waals surface area contributed by atoms with E-state index in [1.54, 1.807) is 0 Å². The molecular formula is C26H14F8O. The number of alkyl halides is 2. The second kappa shape index (κ2) is 9.05. The van der Waals surface area contributed by atoms with Crippen LogP contribution in [0, 0.1) is 41.8 Å². The van der Waals surface area contributed by atoms with Gasteiger partial charge in [-0.15, -0.1) is 0 Å². The van der Waals surface area contributed by atoms with Crippen LogP contribution in [0.4, 0.5) is 35.1 Å². The van der Waals surface area contributed by atoms with Gasteiger partial charge < -0.3 is 4.74 Å². The van der Waals surface area contributed by atoms with Crippen LogP contribution in [-0.2, 0) is 6.11 Å². The van der Waals surface area contributed by atoms with Crippen molar-refractivity contribution in [3.8, 4) is 28.0 Å². The molecule has 4 aromatic carbocycles. The van der Waals surface area contributed by atoms with Crippen LogP contribution in [0.2, 0.25) is 0 Å². The van der Waals surface area contributed by atoms with Crippen LogP contribution in [0.25, 0.3) is 22.3 Å². The molecule has 0 unspecified atom stereocenters. The number of hydrogen-bond donors (Lipinski definition) is 0. The largest absolute Gasteiger partial charge is 0.429 e. The van der Waals surface area contributed by atoms with Gasteiger partial charge in [-0.25, -0.2) is 26.3 Å². The lowest BCUT2D eigenvalue weighted by Gasteiger charge is -2.19. The lowest BCUT2D eigenvalue weighted by Crippen LogP contribution is -2.21. The molecule has 4 rings (SSSR count). The highest BCUT2D eigenvalue weighted by Crippen LogP contribution is 2.36. The van der Waals surface area contributed by atoms with Gasteiger partial charge in [0.1, 0.15) is 11.6 Å². The van der Waals surface area contributed by atoms with Crippen LogP contribution in [-0.4, -0.2) is 0 Å². The third-order valence-electron chi connectivity index (χ3n) is 5.29. The lowest BCUT2D eigenvalue weighted by atomic mass is 10.0. The number of rotatable bonds is 5. The first kappa shape index (κ1) is 24.3. The first-order chi connectivity index (χ1) is 16.5. The van der Waals surface area contributed by atoms with E-state index in [-0.39, 0.29) is 27.8 Å². The first-order valence-electron chi connectivity index (χ1n) is 10.0. The van der Waals surface area contributed by atoms with Crippen molar-refractivity contribution < 1.29 is 39.9 Å². The van der Waals surface area contributed by atoms with Crippen molar-refractivity contribution in [2.75, 3.05) is 0 Å². The van der Waals surface area contributed by atoms with Crippen LogP contribution in [0.1, 0.15) is 11.1 Å². The maximum absolute atomic E-state index is 14.7. The molecule has 0 amide bonds. The zero-order valence-electron chi connectivity index (χ0n) is 17.8. The normalized spacial score (nSPS) is 11.6. The van der Waals surface area contributed by atoms with Gasteiger partial charge in [0.25, 0.3) is 0 Å². The number of ether oxygens (including phenoxy) is 1. The van der Waals surface area contributed by atoms with Crippen molar-refractivity contribution in [3.05, 3.63) is 113 Å². The maximum Gasteiger partial charge on any atom is 0.426 e. The second-order valence-corrected chi connectivity index (χ2v) is 7.65. The van der Waals surface area contributed by atoms with Crippen LogP contribution < -0.4 is 4.74 Å². The molecular weight excluding hydrogens is 480 g/mol. The molecule has 9 heteroatoms. The Kier molecular flexibility index (Phi) is 6.27. The second-order valence-electron chi connectivity index (χ2n) is 7.65. The Bertz CT molecular complexity index is 1390. The topological polar surface area (TPSA) is 9.23 Å². The third kappa shape index (κ3) is 4.71. The van der Waals surface area contributed by atoms with E-state index in [4.69, 9.17) is 0 Å². The van der Waals surface area contributed by atoms with Gasteiger partial charge in [0, 0.05) is 17.2 Å². The average Bonchev–Trinajstić information content (AvgIpc) is 2.81. The molecule has 0 N–H and O–H groups in total. The number of aryl methyl sites for hydroxylation is 1. The van der Waals surface area contributed by atoms with Crippen LogP contribution in [0.3, 0.4) is 0 Å². The fourth-order valence-electron chi connectivity index (χ4n) is 3.42. The molecule has 0 radical (unpaired) electrons. The summed E-state index contributed by atoms with van der Waals surface area (Å²) in [4.78, 5) is 0. The van der Waals surface area contributed by atoms with Crippen molar-refractivity contribution in [1.29, 1.82) is 0 Å². The smallest absolute Gasteiger partial charge is 0.426 e. The van der Waals surface area contributed by atoms with Gasteiger partial charge >= 0.3 is 6.11 Å². The minimum absolute atomic E-state index is 0.0933. The van der Waals surface area contributed by atoms with E-state index in [9.17, 15) is 35.1 Å². The minimum atomic E-state index is -3.95. The Morgan fingerprint density at radius 2 is 1.17 bits per heavy atom. The molecule has 0 saturated heterocycles. The summed E-state index contributed by atoms with van der Waals surface area (Å²) in [5, 5.41) is 0. The Labute approximate surface area is 194 Å². The van der Waals surface area contributed by atoms with E-state index in [0.29, 0.717) is 18.2 Å². The summed E-state index contributed by atoms with van der Waals surface area (Å²) in [7, 11) is 0. The van der Waals surface area contributed by atoms with E-state index >= 15 is 0 Å². The van der Waals surface area contributed by atoms with E-state index in [1.165, 1.54) is 19.1 Å². The standard InChI is InChI=1S/C26H14F8O/c1-13-2-8-19(24(31)23(13)30)14-3-5-16(6-4-14)26(33,34)35-17-7-9-18(20(27)12-17)15-10-21(28)25(32)22(29)11-15/h2-12H,1H3. The molecule has 0 aliphatic heterocycles. The molecule has 0 heterocycles. The number of benzene rings is 4. The predicted molar refractivity (Wildman–Crippen MR) is 113 cm³/mol. The summed E-state index contributed by atoms with van der Waals surface area (Å²) >= 11 is 0. The maximum atomic E-state index is 14.7. The van der Waals surface area contributed by atoms with Gasteiger partial charge in [0.15, 0.2) is 29.1 Å². The lowest BCUT2D eigenvalue weighted by molar-refractivity contribution is -0.185. The molecule has 0 aliphatic rings. The van der Waals surface area contributed by atoms with Crippen molar-refractivity contribution in [1.82, 2.24) is 0 Å². The van der Waals surface area contributed by atoms with Crippen molar-refractivity contribution in [2.24, 2.45) is 0 Å². The fraction of sp³-hybridized carbons (Fsp3) is 0.0769. The summed E-state index contributed by atoms with van der Waals surface area (Å²) in [6.07, 6.45) is -3.95. The Balaban J connectivity index is 1.57. The Morgan fingerprint density at radius 1 is 0.571 bits per heavy atom. The Morgan fingerprint density at radius 3 is 1.77 bits per heavy atom.